The molecule has 0 aliphatic carbocycles. The molecule has 0 atom stereocenters. The van der Waals surface area contributed by atoms with Crippen LogP contribution in [-0.2, 0) is 5.41 Å². The van der Waals surface area contributed by atoms with Crippen LogP contribution in [0.5, 0.6) is 0 Å². The third-order valence-electron chi connectivity index (χ3n) is 3.75. The molecule has 3 aromatic rings. The lowest BCUT2D eigenvalue weighted by Crippen LogP contribution is -2.18. The number of thiophene rings is 1. The molecule has 0 unspecified atom stereocenters. The Balaban J connectivity index is 1.61. The summed E-state index contributed by atoms with van der Waals surface area (Å²) in [7, 11) is 0. The van der Waals surface area contributed by atoms with E-state index >= 15 is 0 Å². The standard InChI is InChI=1S/C19H20N4OS/c1-19(2,3)14-8-6-13(7-9-14)12-20-23-18(24)16-11-15(21-22-16)17-5-4-10-25-17/h4-12H,1-3H3,(H,21,22)(H,23,24). The zero-order valence-corrected chi connectivity index (χ0v) is 15.2. The number of hydrogen-bond acceptors (Lipinski definition) is 4. The van der Waals surface area contributed by atoms with Gasteiger partial charge in [0.2, 0.25) is 0 Å². The maximum Gasteiger partial charge on any atom is 0.291 e. The van der Waals surface area contributed by atoms with E-state index in [4.69, 9.17) is 0 Å². The Kier molecular flexibility index (Phi) is 4.81. The molecule has 2 aromatic heterocycles. The van der Waals surface area contributed by atoms with E-state index in [2.05, 4.69) is 53.6 Å². The minimum atomic E-state index is -0.346. The highest BCUT2D eigenvalue weighted by Gasteiger charge is 2.13. The second kappa shape index (κ2) is 7.03. The molecule has 1 amide bonds. The average Bonchev–Trinajstić information content (AvgIpc) is 3.25. The molecule has 0 radical (unpaired) electrons. The fourth-order valence-electron chi connectivity index (χ4n) is 2.29. The number of carbonyl (C=O) groups excluding carboxylic acids is 1. The highest BCUT2D eigenvalue weighted by atomic mass is 32.1. The zero-order chi connectivity index (χ0) is 17.9. The molecule has 2 heterocycles. The number of hydrazone groups is 1. The van der Waals surface area contributed by atoms with Crippen molar-refractivity contribution in [2.75, 3.05) is 0 Å². The second-order valence-corrected chi connectivity index (χ2v) is 7.66. The van der Waals surface area contributed by atoms with Gasteiger partial charge in [-0.25, -0.2) is 5.43 Å². The molecule has 5 nitrogen and oxygen atoms in total. The van der Waals surface area contributed by atoms with Crippen LogP contribution in [0, 0.1) is 0 Å². The van der Waals surface area contributed by atoms with Crippen molar-refractivity contribution in [2.24, 2.45) is 5.10 Å². The van der Waals surface area contributed by atoms with Gasteiger partial charge in [0.25, 0.3) is 5.91 Å². The van der Waals surface area contributed by atoms with E-state index in [0.717, 1.165) is 16.1 Å². The normalized spacial score (nSPS) is 11.8. The third-order valence-corrected chi connectivity index (χ3v) is 4.66. The molecule has 25 heavy (non-hydrogen) atoms. The Morgan fingerprint density at radius 1 is 1.24 bits per heavy atom. The number of carbonyl (C=O) groups is 1. The van der Waals surface area contributed by atoms with Crippen LogP contribution >= 0.6 is 11.3 Å². The highest BCUT2D eigenvalue weighted by molar-refractivity contribution is 7.13. The van der Waals surface area contributed by atoms with Crippen LogP contribution in [0.15, 0.2) is 52.9 Å². The van der Waals surface area contributed by atoms with Gasteiger partial charge in [0.1, 0.15) is 0 Å². The quantitative estimate of drug-likeness (QED) is 0.546. The van der Waals surface area contributed by atoms with E-state index in [1.165, 1.54) is 5.56 Å². The Bertz CT molecular complexity index is 871. The summed E-state index contributed by atoms with van der Waals surface area (Å²) in [6.07, 6.45) is 1.62. The first kappa shape index (κ1) is 17.1. The summed E-state index contributed by atoms with van der Waals surface area (Å²) in [4.78, 5) is 13.1. The predicted octanol–water partition coefficient (Wildman–Crippen LogP) is 4.20. The van der Waals surface area contributed by atoms with Crippen LogP contribution in [0.1, 0.15) is 42.4 Å². The van der Waals surface area contributed by atoms with Gasteiger partial charge < -0.3 is 0 Å². The minimum absolute atomic E-state index is 0.115. The molecule has 0 saturated carbocycles. The third kappa shape index (κ3) is 4.22. The molecule has 0 spiro atoms. The number of benzene rings is 1. The van der Waals surface area contributed by atoms with Gasteiger partial charge in [-0.15, -0.1) is 11.3 Å². The molecule has 0 bridgehead atoms. The summed E-state index contributed by atoms with van der Waals surface area (Å²) >= 11 is 1.59. The Labute approximate surface area is 150 Å². The summed E-state index contributed by atoms with van der Waals surface area (Å²) in [5, 5.41) is 12.9. The maximum absolute atomic E-state index is 12.1. The van der Waals surface area contributed by atoms with Gasteiger partial charge in [-0.2, -0.15) is 10.2 Å². The molecular formula is C19H20N4OS. The van der Waals surface area contributed by atoms with E-state index in [-0.39, 0.29) is 11.3 Å². The van der Waals surface area contributed by atoms with Crippen molar-refractivity contribution in [1.82, 2.24) is 15.6 Å². The van der Waals surface area contributed by atoms with E-state index in [9.17, 15) is 4.79 Å². The number of amides is 1. The predicted molar refractivity (Wildman–Crippen MR) is 102 cm³/mol. The number of nitrogens with zero attached hydrogens (tertiary/aromatic N) is 2. The van der Waals surface area contributed by atoms with Crippen LogP contribution in [0.25, 0.3) is 10.6 Å². The van der Waals surface area contributed by atoms with E-state index in [0.29, 0.717) is 5.69 Å². The summed E-state index contributed by atoms with van der Waals surface area (Å²) < 4.78 is 0. The first-order chi connectivity index (χ1) is 11.9. The molecule has 2 N–H and O–H groups in total. The molecule has 0 aliphatic rings. The molecule has 0 saturated heterocycles. The number of aromatic amines is 1. The summed E-state index contributed by atoms with van der Waals surface area (Å²) in [6.45, 7) is 6.51. The Morgan fingerprint density at radius 3 is 2.64 bits per heavy atom. The Hall–Kier alpha value is -2.73. The van der Waals surface area contributed by atoms with Crippen LogP contribution in [0.2, 0.25) is 0 Å². The fourth-order valence-corrected chi connectivity index (χ4v) is 2.98. The Morgan fingerprint density at radius 2 is 2.00 bits per heavy atom. The molecule has 128 valence electrons. The number of nitrogens with one attached hydrogen (secondary N) is 2. The van der Waals surface area contributed by atoms with Gasteiger partial charge in [0.05, 0.1) is 16.8 Å². The topological polar surface area (TPSA) is 70.1 Å². The number of aromatic nitrogens is 2. The van der Waals surface area contributed by atoms with Gasteiger partial charge in [0, 0.05) is 0 Å². The van der Waals surface area contributed by atoms with Gasteiger partial charge in [-0.05, 0) is 34.1 Å². The van der Waals surface area contributed by atoms with Crippen LogP contribution in [-0.4, -0.2) is 22.3 Å². The zero-order valence-electron chi connectivity index (χ0n) is 14.4. The van der Waals surface area contributed by atoms with Crippen LogP contribution in [0.3, 0.4) is 0 Å². The van der Waals surface area contributed by atoms with Crippen molar-refractivity contribution in [1.29, 1.82) is 0 Å². The summed E-state index contributed by atoms with van der Waals surface area (Å²) in [5.41, 5.74) is 5.93. The van der Waals surface area contributed by atoms with Crippen LogP contribution in [0.4, 0.5) is 0 Å². The number of H-pyrrole nitrogens is 1. The first-order valence-electron chi connectivity index (χ1n) is 7.97. The highest BCUT2D eigenvalue weighted by Crippen LogP contribution is 2.23. The first-order valence-corrected chi connectivity index (χ1v) is 8.85. The van der Waals surface area contributed by atoms with E-state index in [1.807, 2.05) is 29.6 Å². The monoisotopic (exact) mass is 352 g/mol. The lowest BCUT2D eigenvalue weighted by molar-refractivity contribution is 0.0950. The minimum Gasteiger partial charge on any atom is -0.276 e. The molecule has 6 heteroatoms. The number of rotatable bonds is 4. The molecule has 0 fully saturated rings. The summed E-state index contributed by atoms with van der Waals surface area (Å²) in [5.74, 6) is -0.346. The molecular weight excluding hydrogens is 332 g/mol. The largest absolute Gasteiger partial charge is 0.291 e. The summed E-state index contributed by atoms with van der Waals surface area (Å²) in [6, 6.07) is 13.8. The van der Waals surface area contributed by atoms with Gasteiger partial charge in [0.15, 0.2) is 5.69 Å². The lowest BCUT2D eigenvalue weighted by atomic mass is 9.87. The fraction of sp³-hybridized carbons (Fsp3) is 0.211. The average molecular weight is 352 g/mol. The smallest absolute Gasteiger partial charge is 0.276 e. The van der Waals surface area contributed by atoms with Crippen LogP contribution < -0.4 is 5.43 Å². The molecule has 1 aromatic carbocycles. The van der Waals surface area contributed by atoms with Crippen molar-refractivity contribution >= 4 is 23.5 Å². The van der Waals surface area contributed by atoms with Crippen molar-refractivity contribution in [3.05, 3.63) is 64.7 Å². The molecule has 3 rings (SSSR count). The van der Waals surface area contributed by atoms with Crippen molar-refractivity contribution in [2.45, 2.75) is 26.2 Å². The van der Waals surface area contributed by atoms with E-state index < -0.39 is 0 Å². The van der Waals surface area contributed by atoms with Gasteiger partial charge in [-0.1, -0.05) is 51.1 Å². The maximum atomic E-state index is 12.1. The van der Waals surface area contributed by atoms with Crippen molar-refractivity contribution in [3.63, 3.8) is 0 Å². The SMILES string of the molecule is CC(C)(C)c1ccc(C=NNC(=O)c2cc(-c3cccs3)[nH]n2)cc1. The molecule has 0 aliphatic heterocycles. The lowest BCUT2D eigenvalue weighted by Gasteiger charge is -2.18. The van der Waals surface area contributed by atoms with Crippen molar-refractivity contribution < 1.29 is 4.79 Å². The second-order valence-electron chi connectivity index (χ2n) is 6.72. The van der Waals surface area contributed by atoms with Gasteiger partial charge in [-0.3, -0.25) is 9.89 Å². The van der Waals surface area contributed by atoms with Crippen molar-refractivity contribution in [3.8, 4) is 10.6 Å². The van der Waals surface area contributed by atoms with Gasteiger partial charge >= 0.3 is 0 Å². The van der Waals surface area contributed by atoms with E-state index in [1.54, 1.807) is 23.6 Å². The number of hydrogen-bond donors (Lipinski definition) is 2.